The molecular weight excluding hydrogens is 488 g/mol. The summed E-state index contributed by atoms with van der Waals surface area (Å²) in [5.74, 6) is -0.524. The van der Waals surface area contributed by atoms with Crippen LogP contribution in [0.3, 0.4) is 0 Å². The topological polar surface area (TPSA) is 105 Å². The summed E-state index contributed by atoms with van der Waals surface area (Å²) >= 11 is 1.70. The Morgan fingerprint density at radius 2 is 1.76 bits per heavy atom. The van der Waals surface area contributed by atoms with E-state index in [0.717, 1.165) is 37.5 Å². The highest BCUT2D eigenvalue weighted by Crippen LogP contribution is 2.45. The van der Waals surface area contributed by atoms with Gasteiger partial charge in [0.2, 0.25) is 0 Å². The molecule has 0 spiro atoms. The lowest BCUT2D eigenvalue weighted by molar-refractivity contribution is -0.384. The Morgan fingerprint density at radius 1 is 1.03 bits per heavy atom. The van der Waals surface area contributed by atoms with Crippen molar-refractivity contribution in [2.24, 2.45) is 0 Å². The molecule has 0 aliphatic heterocycles. The number of rotatable bonds is 6. The second-order valence-corrected chi connectivity index (χ2v) is 9.84. The van der Waals surface area contributed by atoms with Crippen LogP contribution in [-0.2, 0) is 6.61 Å². The van der Waals surface area contributed by atoms with E-state index in [0.29, 0.717) is 16.9 Å². The fraction of sp³-hybridized carbons (Fsp3) is 0.0690. The van der Waals surface area contributed by atoms with Crippen molar-refractivity contribution < 1.29 is 19.6 Å². The molecule has 4 aromatic carbocycles. The van der Waals surface area contributed by atoms with Gasteiger partial charge in [-0.2, -0.15) is 0 Å². The highest BCUT2D eigenvalue weighted by molar-refractivity contribution is 7.26. The molecule has 182 valence electrons. The number of benzene rings is 4. The Balaban J connectivity index is 1.50. The lowest BCUT2D eigenvalue weighted by Gasteiger charge is -2.13. The minimum Gasteiger partial charge on any atom is -0.488 e. The summed E-state index contributed by atoms with van der Waals surface area (Å²) in [6, 6.07) is 23.8. The van der Waals surface area contributed by atoms with Crippen LogP contribution >= 0.6 is 11.3 Å². The molecule has 7 nitrogen and oxygen atoms in total. The number of hydrogen-bond donors (Lipinski definition) is 2. The van der Waals surface area contributed by atoms with Crippen LogP contribution in [0.2, 0.25) is 0 Å². The van der Waals surface area contributed by atoms with E-state index in [1.165, 1.54) is 16.8 Å². The first-order valence-corrected chi connectivity index (χ1v) is 12.4. The highest BCUT2D eigenvalue weighted by Gasteiger charge is 2.24. The van der Waals surface area contributed by atoms with Crippen LogP contribution in [0, 0.1) is 17.0 Å². The van der Waals surface area contributed by atoms with E-state index >= 15 is 0 Å². The molecule has 0 aliphatic carbocycles. The van der Waals surface area contributed by atoms with Crippen molar-refractivity contribution in [3.05, 3.63) is 106 Å². The molecule has 0 radical (unpaired) electrons. The Morgan fingerprint density at radius 3 is 2.51 bits per heavy atom. The third-order valence-electron chi connectivity index (χ3n) is 6.58. The number of nitrogens with zero attached hydrogens (tertiary/aromatic N) is 1. The Labute approximate surface area is 214 Å². The molecule has 6 aromatic rings. The molecule has 6 rings (SSSR count). The molecule has 2 N–H and O–H groups in total. The zero-order chi connectivity index (χ0) is 25.7. The lowest BCUT2D eigenvalue weighted by atomic mass is 9.96. The Kier molecular flexibility index (Phi) is 5.39. The molecule has 0 saturated carbocycles. The Bertz CT molecular complexity index is 1850. The normalized spacial score (nSPS) is 11.4. The molecule has 0 bridgehead atoms. The van der Waals surface area contributed by atoms with Gasteiger partial charge in [0, 0.05) is 54.3 Å². The quantitative estimate of drug-likeness (QED) is 0.177. The van der Waals surface area contributed by atoms with Crippen molar-refractivity contribution in [2.75, 3.05) is 0 Å². The van der Waals surface area contributed by atoms with E-state index in [2.05, 4.69) is 17.1 Å². The third kappa shape index (κ3) is 3.78. The number of nitro groups is 1. The van der Waals surface area contributed by atoms with Gasteiger partial charge in [0.15, 0.2) is 0 Å². The molecule has 8 heteroatoms. The van der Waals surface area contributed by atoms with Gasteiger partial charge in [-0.15, -0.1) is 11.3 Å². The smallest absolute Gasteiger partial charge is 0.352 e. The summed E-state index contributed by atoms with van der Waals surface area (Å²) in [5, 5.41) is 24.2. The second kappa shape index (κ2) is 8.76. The maximum absolute atomic E-state index is 12.4. The van der Waals surface area contributed by atoms with Crippen molar-refractivity contribution in [1.82, 2.24) is 4.98 Å². The molecule has 0 unspecified atom stereocenters. The van der Waals surface area contributed by atoms with Gasteiger partial charge in [0.25, 0.3) is 5.69 Å². The molecule has 2 heterocycles. The fourth-order valence-electron chi connectivity index (χ4n) is 4.87. The number of nitrogens with one attached hydrogen (secondary N) is 1. The van der Waals surface area contributed by atoms with E-state index < -0.39 is 10.9 Å². The van der Waals surface area contributed by atoms with Crippen LogP contribution in [0.5, 0.6) is 5.75 Å². The number of aromatic amines is 1. The van der Waals surface area contributed by atoms with Gasteiger partial charge in [-0.1, -0.05) is 36.4 Å². The van der Waals surface area contributed by atoms with E-state index in [1.807, 2.05) is 43.3 Å². The number of H-pyrrole nitrogens is 1. The third-order valence-corrected chi connectivity index (χ3v) is 7.89. The number of carboxylic acids is 1. The van der Waals surface area contributed by atoms with Gasteiger partial charge in [-0.25, -0.2) is 4.79 Å². The first-order valence-electron chi connectivity index (χ1n) is 11.6. The van der Waals surface area contributed by atoms with Gasteiger partial charge < -0.3 is 14.8 Å². The summed E-state index contributed by atoms with van der Waals surface area (Å²) in [6.45, 7) is 2.21. The predicted octanol–water partition coefficient (Wildman–Crippen LogP) is 7.70. The second-order valence-electron chi connectivity index (χ2n) is 8.79. The van der Waals surface area contributed by atoms with E-state index in [-0.39, 0.29) is 18.0 Å². The first-order chi connectivity index (χ1) is 17.9. The summed E-state index contributed by atoms with van der Waals surface area (Å²) in [4.78, 5) is 26.0. The minimum absolute atomic E-state index is 0.0112. The lowest BCUT2D eigenvalue weighted by Crippen LogP contribution is -2.01. The molecule has 0 amide bonds. The molecular formula is C29H20N2O5S. The number of nitro benzene ring substituents is 1. The maximum Gasteiger partial charge on any atom is 0.352 e. The standard InChI is InChI=1S/C29H20N2O5S/c1-16-25-22(14-21-19-6-3-5-9-24(19)37-28(16)21)30-27(29(32)33)26(25)20-7-2-4-8-23(20)36-15-17-10-12-18(13-11-17)31(34)35/h2-14,30H,15H2,1H3,(H,32,33). The van der Waals surface area contributed by atoms with Gasteiger partial charge in [0.1, 0.15) is 18.1 Å². The molecule has 0 atom stereocenters. The van der Waals surface area contributed by atoms with Crippen LogP contribution in [0.1, 0.15) is 21.6 Å². The van der Waals surface area contributed by atoms with Crippen LogP contribution in [0.15, 0.2) is 78.9 Å². The van der Waals surface area contributed by atoms with E-state index in [4.69, 9.17) is 4.74 Å². The maximum atomic E-state index is 12.4. The van der Waals surface area contributed by atoms with Crippen molar-refractivity contribution in [1.29, 1.82) is 0 Å². The van der Waals surface area contributed by atoms with Crippen LogP contribution in [0.25, 0.3) is 42.2 Å². The average molecular weight is 509 g/mol. The number of thiophene rings is 1. The number of non-ortho nitro benzene ring substituents is 1. The van der Waals surface area contributed by atoms with E-state index in [1.54, 1.807) is 29.5 Å². The number of carboxylic acid groups (broad SMARTS) is 1. The fourth-order valence-corrected chi connectivity index (χ4v) is 6.05. The summed E-state index contributed by atoms with van der Waals surface area (Å²) in [7, 11) is 0. The van der Waals surface area contributed by atoms with Crippen molar-refractivity contribution in [3.63, 3.8) is 0 Å². The average Bonchev–Trinajstić information content (AvgIpc) is 3.48. The number of aromatic carboxylic acids is 1. The predicted molar refractivity (Wildman–Crippen MR) is 146 cm³/mol. The largest absolute Gasteiger partial charge is 0.488 e. The number of aromatic nitrogens is 1. The molecule has 0 fully saturated rings. The van der Waals surface area contributed by atoms with Gasteiger partial charge in [0.05, 0.1) is 4.92 Å². The number of ether oxygens (including phenoxy) is 1. The number of fused-ring (bicyclic) bond motifs is 4. The van der Waals surface area contributed by atoms with Crippen LogP contribution in [-0.4, -0.2) is 21.0 Å². The first kappa shape index (κ1) is 22.8. The molecule has 0 saturated heterocycles. The van der Waals surface area contributed by atoms with Crippen LogP contribution in [0.4, 0.5) is 5.69 Å². The number of carbonyl (C=O) groups is 1. The SMILES string of the molecule is Cc1c2sc3ccccc3c2cc2[nH]c(C(=O)O)c(-c3ccccc3OCc3ccc([N+](=O)[O-])cc3)c12. The van der Waals surface area contributed by atoms with Gasteiger partial charge in [-0.05, 0) is 48.4 Å². The zero-order valence-corrected chi connectivity index (χ0v) is 20.5. The van der Waals surface area contributed by atoms with Gasteiger partial charge in [-0.3, -0.25) is 10.1 Å². The Hall–Kier alpha value is -4.69. The van der Waals surface area contributed by atoms with E-state index in [9.17, 15) is 20.0 Å². The number of para-hydroxylation sites is 1. The molecule has 37 heavy (non-hydrogen) atoms. The molecule has 2 aromatic heterocycles. The summed E-state index contributed by atoms with van der Waals surface area (Å²) < 4.78 is 8.43. The monoisotopic (exact) mass is 508 g/mol. The zero-order valence-electron chi connectivity index (χ0n) is 19.6. The van der Waals surface area contributed by atoms with Crippen molar-refractivity contribution >= 4 is 54.1 Å². The summed E-state index contributed by atoms with van der Waals surface area (Å²) in [5.41, 5.74) is 3.89. The number of hydrogen-bond acceptors (Lipinski definition) is 5. The molecule has 0 aliphatic rings. The highest BCUT2D eigenvalue weighted by atomic mass is 32.1. The van der Waals surface area contributed by atoms with Crippen molar-refractivity contribution in [2.45, 2.75) is 13.5 Å². The van der Waals surface area contributed by atoms with Crippen molar-refractivity contribution in [3.8, 4) is 16.9 Å². The number of aryl methyl sites for hydroxylation is 1. The minimum atomic E-state index is -1.05. The van der Waals surface area contributed by atoms with Crippen LogP contribution < -0.4 is 4.74 Å². The summed E-state index contributed by atoms with van der Waals surface area (Å²) in [6.07, 6.45) is 0. The van der Waals surface area contributed by atoms with Gasteiger partial charge >= 0.3 is 5.97 Å².